The number of hydrogen-bond donors (Lipinski definition) is 0. The Hall–Kier alpha value is -1.91. The van der Waals surface area contributed by atoms with Crippen LogP contribution < -0.4 is 14.4 Å². The number of ether oxygens (including phenoxy) is 2. The Labute approximate surface area is 139 Å². The molecule has 1 amide bonds. The van der Waals surface area contributed by atoms with Crippen LogP contribution in [0.4, 0.5) is 5.69 Å². The molecule has 1 aliphatic heterocycles. The van der Waals surface area contributed by atoms with Gasteiger partial charge >= 0.3 is 0 Å². The van der Waals surface area contributed by atoms with Gasteiger partial charge in [-0.2, -0.15) is 0 Å². The molecule has 0 aromatic heterocycles. The second kappa shape index (κ2) is 8.09. The third-order valence-corrected chi connectivity index (χ3v) is 4.66. The van der Waals surface area contributed by atoms with E-state index >= 15 is 0 Å². The largest absolute Gasteiger partial charge is 0.493 e. The van der Waals surface area contributed by atoms with E-state index in [0.717, 1.165) is 56.2 Å². The van der Waals surface area contributed by atoms with Crippen molar-refractivity contribution < 1.29 is 14.3 Å². The number of piperazine rings is 1. The summed E-state index contributed by atoms with van der Waals surface area (Å²) in [6.45, 7) is 7.44. The Morgan fingerprint density at radius 3 is 2.17 bits per heavy atom. The molecule has 0 radical (unpaired) electrons. The average Bonchev–Trinajstić information content (AvgIpc) is 2.62. The van der Waals surface area contributed by atoms with Crippen LogP contribution in [0.25, 0.3) is 0 Å². The SMILES string of the molecule is CCC(CC)C(=O)N1CCN(c2ccc(OC)c(OC)c2)CC1. The van der Waals surface area contributed by atoms with Crippen molar-refractivity contribution in [3.8, 4) is 11.5 Å². The van der Waals surface area contributed by atoms with E-state index in [0.29, 0.717) is 5.91 Å². The van der Waals surface area contributed by atoms with Gasteiger partial charge in [-0.05, 0) is 25.0 Å². The van der Waals surface area contributed by atoms with Crippen molar-refractivity contribution >= 4 is 11.6 Å². The molecule has 0 bridgehead atoms. The van der Waals surface area contributed by atoms with Crippen LogP contribution in [0.15, 0.2) is 18.2 Å². The third-order valence-electron chi connectivity index (χ3n) is 4.66. The normalized spacial score (nSPS) is 15.0. The molecule has 2 rings (SSSR count). The summed E-state index contributed by atoms with van der Waals surface area (Å²) in [5.41, 5.74) is 1.11. The Balaban J connectivity index is 2.00. The van der Waals surface area contributed by atoms with Gasteiger partial charge in [0.25, 0.3) is 0 Å². The molecule has 1 aromatic carbocycles. The van der Waals surface area contributed by atoms with Crippen LogP contribution in [0.2, 0.25) is 0 Å². The summed E-state index contributed by atoms with van der Waals surface area (Å²) in [6.07, 6.45) is 1.84. The van der Waals surface area contributed by atoms with Gasteiger partial charge in [0.05, 0.1) is 14.2 Å². The predicted molar refractivity (Wildman–Crippen MR) is 92.4 cm³/mol. The molecule has 0 saturated carbocycles. The van der Waals surface area contributed by atoms with E-state index in [1.807, 2.05) is 23.1 Å². The maximum absolute atomic E-state index is 12.5. The lowest BCUT2D eigenvalue weighted by Crippen LogP contribution is -2.50. The predicted octanol–water partition coefficient (Wildman–Crippen LogP) is 2.79. The number of benzene rings is 1. The van der Waals surface area contributed by atoms with Gasteiger partial charge in [0, 0.05) is 43.9 Å². The standard InChI is InChI=1S/C18H28N2O3/c1-5-14(6-2)18(21)20-11-9-19(10-12-20)15-7-8-16(22-3)17(13-15)23-4/h7-8,13-14H,5-6,9-12H2,1-4H3. The quantitative estimate of drug-likeness (QED) is 0.808. The fourth-order valence-corrected chi connectivity index (χ4v) is 3.10. The van der Waals surface area contributed by atoms with E-state index < -0.39 is 0 Å². The van der Waals surface area contributed by atoms with Crippen LogP contribution in [0.1, 0.15) is 26.7 Å². The van der Waals surface area contributed by atoms with Crippen molar-refractivity contribution in [1.82, 2.24) is 4.90 Å². The average molecular weight is 320 g/mol. The van der Waals surface area contributed by atoms with Crippen LogP contribution in [-0.4, -0.2) is 51.2 Å². The first-order chi connectivity index (χ1) is 11.1. The monoisotopic (exact) mass is 320 g/mol. The molecule has 128 valence electrons. The summed E-state index contributed by atoms with van der Waals surface area (Å²) >= 11 is 0. The van der Waals surface area contributed by atoms with Gasteiger partial charge in [0.2, 0.25) is 5.91 Å². The zero-order valence-electron chi connectivity index (χ0n) is 14.7. The minimum absolute atomic E-state index is 0.169. The van der Waals surface area contributed by atoms with Crippen LogP contribution >= 0.6 is 0 Å². The van der Waals surface area contributed by atoms with Crippen LogP contribution in [0.3, 0.4) is 0 Å². The fourth-order valence-electron chi connectivity index (χ4n) is 3.10. The van der Waals surface area contributed by atoms with Crippen LogP contribution in [0.5, 0.6) is 11.5 Å². The highest BCUT2D eigenvalue weighted by Crippen LogP contribution is 2.32. The molecule has 1 aromatic rings. The summed E-state index contributed by atoms with van der Waals surface area (Å²) in [5, 5.41) is 0. The first-order valence-corrected chi connectivity index (χ1v) is 8.40. The van der Waals surface area contributed by atoms with Gasteiger partial charge in [0.15, 0.2) is 11.5 Å². The molecule has 23 heavy (non-hydrogen) atoms. The van der Waals surface area contributed by atoms with Crippen LogP contribution in [-0.2, 0) is 4.79 Å². The van der Waals surface area contributed by atoms with E-state index in [4.69, 9.17) is 9.47 Å². The van der Waals surface area contributed by atoms with Gasteiger partial charge in [-0.15, -0.1) is 0 Å². The first kappa shape index (κ1) is 17.4. The Bertz CT molecular complexity index is 521. The van der Waals surface area contributed by atoms with Crippen molar-refractivity contribution in [2.45, 2.75) is 26.7 Å². The highest BCUT2D eigenvalue weighted by molar-refractivity contribution is 5.79. The van der Waals surface area contributed by atoms with Crippen LogP contribution in [0, 0.1) is 5.92 Å². The summed E-state index contributed by atoms with van der Waals surface area (Å²) in [6, 6.07) is 5.97. The zero-order valence-corrected chi connectivity index (χ0v) is 14.7. The molecule has 5 nitrogen and oxygen atoms in total. The number of carbonyl (C=O) groups excluding carboxylic acids is 1. The maximum atomic E-state index is 12.5. The van der Waals surface area contributed by atoms with Crippen molar-refractivity contribution in [2.24, 2.45) is 5.92 Å². The molecule has 0 aliphatic carbocycles. The second-order valence-electron chi connectivity index (χ2n) is 5.87. The van der Waals surface area contributed by atoms with Gasteiger partial charge in [-0.3, -0.25) is 4.79 Å². The number of rotatable bonds is 6. The topological polar surface area (TPSA) is 42.0 Å². The van der Waals surface area contributed by atoms with Gasteiger partial charge in [-0.25, -0.2) is 0 Å². The molecule has 1 heterocycles. The second-order valence-corrected chi connectivity index (χ2v) is 5.87. The summed E-state index contributed by atoms with van der Waals surface area (Å²) in [4.78, 5) is 16.8. The molecule has 1 fully saturated rings. The molecule has 1 aliphatic rings. The lowest BCUT2D eigenvalue weighted by atomic mass is 10.0. The molecule has 0 spiro atoms. The number of nitrogens with zero attached hydrogens (tertiary/aromatic N) is 2. The summed E-state index contributed by atoms with van der Waals surface area (Å²) < 4.78 is 10.7. The molecule has 5 heteroatoms. The lowest BCUT2D eigenvalue weighted by Gasteiger charge is -2.37. The molecular formula is C18H28N2O3. The lowest BCUT2D eigenvalue weighted by molar-refractivity contribution is -0.136. The number of amides is 1. The highest BCUT2D eigenvalue weighted by atomic mass is 16.5. The van der Waals surface area contributed by atoms with E-state index in [1.165, 1.54) is 0 Å². The maximum Gasteiger partial charge on any atom is 0.225 e. The Morgan fingerprint density at radius 2 is 1.65 bits per heavy atom. The molecular weight excluding hydrogens is 292 g/mol. The number of anilines is 1. The summed E-state index contributed by atoms with van der Waals surface area (Å²) in [7, 11) is 3.29. The minimum Gasteiger partial charge on any atom is -0.493 e. The van der Waals surface area contributed by atoms with Crippen molar-refractivity contribution in [3.63, 3.8) is 0 Å². The third kappa shape index (κ3) is 3.89. The first-order valence-electron chi connectivity index (χ1n) is 8.40. The smallest absolute Gasteiger partial charge is 0.225 e. The highest BCUT2D eigenvalue weighted by Gasteiger charge is 2.25. The van der Waals surface area contributed by atoms with Gasteiger partial charge < -0.3 is 19.3 Å². The van der Waals surface area contributed by atoms with Crippen molar-refractivity contribution in [1.29, 1.82) is 0 Å². The van der Waals surface area contributed by atoms with Gasteiger partial charge in [-0.1, -0.05) is 13.8 Å². The van der Waals surface area contributed by atoms with Gasteiger partial charge in [0.1, 0.15) is 0 Å². The number of carbonyl (C=O) groups is 1. The van der Waals surface area contributed by atoms with E-state index in [9.17, 15) is 4.79 Å². The van der Waals surface area contributed by atoms with E-state index in [-0.39, 0.29) is 5.92 Å². The number of methoxy groups -OCH3 is 2. The molecule has 0 atom stereocenters. The van der Waals surface area contributed by atoms with Crippen molar-refractivity contribution in [3.05, 3.63) is 18.2 Å². The number of hydrogen-bond acceptors (Lipinski definition) is 4. The van der Waals surface area contributed by atoms with E-state index in [2.05, 4.69) is 18.7 Å². The Kier molecular flexibility index (Phi) is 6.13. The van der Waals surface area contributed by atoms with E-state index in [1.54, 1.807) is 14.2 Å². The molecule has 0 N–H and O–H groups in total. The van der Waals surface area contributed by atoms with Crippen molar-refractivity contribution in [2.75, 3.05) is 45.3 Å². The molecule has 1 saturated heterocycles. The fraction of sp³-hybridized carbons (Fsp3) is 0.611. The Morgan fingerprint density at radius 1 is 1.04 bits per heavy atom. The minimum atomic E-state index is 0.169. The zero-order chi connectivity index (χ0) is 16.8. The summed E-state index contributed by atoms with van der Waals surface area (Å²) in [5.74, 6) is 1.95. The molecule has 0 unspecified atom stereocenters.